The Labute approximate surface area is 265 Å². The van der Waals surface area contributed by atoms with Crippen molar-refractivity contribution in [2.24, 2.45) is 0 Å². The van der Waals surface area contributed by atoms with Crippen molar-refractivity contribution in [1.82, 2.24) is 10.2 Å². The minimum absolute atomic E-state index is 0.216. The van der Waals surface area contributed by atoms with Crippen LogP contribution in [0.1, 0.15) is 27.7 Å². The summed E-state index contributed by atoms with van der Waals surface area (Å²) < 4.78 is 27.5. The highest BCUT2D eigenvalue weighted by atomic mass is 16.6. The molecule has 2 aromatic carbocycles. The quantitative estimate of drug-likeness (QED) is 0.387. The van der Waals surface area contributed by atoms with Gasteiger partial charge in [-0.15, -0.1) is 0 Å². The molecule has 3 saturated heterocycles. The van der Waals surface area contributed by atoms with Crippen LogP contribution in [0.5, 0.6) is 11.5 Å². The first-order valence-corrected chi connectivity index (χ1v) is 15.8. The van der Waals surface area contributed by atoms with Gasteiger partial charge in [0.25, 0.3) is 0 Å². The lowest BCUT2D eigenvalue weighted by molar-refractivity contribution is -0.0786. The van der Waals surface area contributed by atoms with Gasteiger partial charge in [0.2, 0.25) is 0 Å². The fraction of sp³-hybridized carbons (Fsp3) is 0.647. The van der Waals surface area contributed by atoms with Crippen LogP contribution < -0.4 is 24.6 Å². The average molecular weight is 617 g/mol. The van der Waals surface area contributed by atoms with E-state index < -0.39 is 6.10 Å². The molecular formula is C34H56N4O6. The van der Waals surface area contributed by atoms with Crippen molar-refractivity contribution in [2.45, 2.75) is 64.3 Å². The molecule has 3 aliphatic rings. The van der Waals surface area contributed by atoms with Gasteiger partial charge in [0, 0.05) is 84.4 Å². The maximum atomic E-state index is 10.2. The zero-order valence-corrected chi connectivity index (χ0v) is 28.1. The Morgan fingerprint density at radius 1 is 0.818 bits per heavy atom. The summed E-state index contributed by atoms with van der Waals surface area (Å²) >= 11 is 0. The highest BCUT2D eigenvalue weighted by molar-refractivity contribution is 5.50. The normalized spacial score (nSPS) is 25.3. The Balaban J connectivity index is 0.000000203. The molecule has 44 heavy (non-hydrogen) atoms. The first-order chi connectivity index (χ1) is 21.0. The number of anilines is 2. The third kappa shape index (κ3) is 14.0. The molecule has 10 nitrogen and oxygen atoms in total. The minimum Gasteiger partial charge on any atom is -0.491 e. The molecule has 2 aromatic rings. The van der Waals surface area contributed by atoms with Gasteiger partial charge in [-0.05, 0) is 52.0 Å². The summed E-state index contributed by atoms with van der Waals surface area (Å²) in [5.74, 6) is 1.70. The van der Waals surface area contributed by atoms with E-state index in [4.69, 9.17) is 23.7 Å². The topological polar surface area (TPSA) is 91.4 Å². The summed E-state index contributed by atoms with van der Waals surface area (Å²) in [6.45, 7) is 14.5. The predicted molar refractivity (Wildman–Crippen MR) is 178 cm³/mol. The summed E-state index contributed by atoms with van der Waals surface area (Å²) in [6, 6.07) is 15.9. The molecule has 0 bridgehead atoms. The van der Waals surface area contributed by atoms with Crippen molar-refractivity contribution in [3.8, 4) is 11.5 Å². The van der Waals surface area contributed by atoms with Crippen molar-refractivity contribution in [3.05, 3.63) is 48.5 Å². The van der Waals surface area contributed by atoms with E-state index in [1.165, 1.54) is 0 Å². The number of nitrogens with zero attached hydrogens (tertiary/aromatic N) is 3. The van der Waals surface area contributed by atoms with Gasteiger partial charge in [0.15, 0.2) is 0 Å². The second-order valence-electron chi connectivity index (χ2n) is 12.4. The lowest BCUT2D eigenvalue weighted by Crippen LogP contribution is -2.48. The SMILES string of the molecule is CC1CN(CC(O)COc2cccc(N(C)C)c2)CC(C)O1.CC1CNCC(C)O1.CN(C)c1cccc(OCC2CO2)c1. The zero-order valence-electron chi connectivity index (χ0n) is 28.1. The van der Waals surface area contributed by atoms with Crippen LogP contribution in [-0.4, -0.2) is 127 Å². The van der Waals surface area contributed by atoms with E-state index in [2.05, 4.69) is 48.9 Å². The summed E-state index contributed by atoms with van der Waals surface area (Å²) in [7, 11) is 8.02. The van der Waals surface area contributed by atoms with Gasteiger partial charge in [0.05, 0.1) is 31.0 Å². The van der Waals surface area contributed by atoms with Crippen molar-refractivity contribution in [2.75, 3.05) is 90.5 Å². The van der Waals surface area contributed by atoms with Gasteiger partial charge in [-0.1, -0.05) is 12.1 Å². The molecule has 0 radical (unpaired) electrons. The molecule has 3 fully saturated rings. The number of benzene rings is 2. The van der Waals surface area contributed by atoms with E-state index >= 15 is 0 Å². The number of hydrogen-bond acceptors (Lipinski definition) is 10. The largest absolute Gasteiger partial charge is 0.491 e. The molecule has 0 saturated carbocycles. The summed E-state index contributed by atoms with van der Waals surface area (Å²) in [5.41, 5.74) is 2.24. The van der Waals surface area contributed by atoms with Crippen molar-refractivity contribution >= 4 is 11.4 Å². The number of rotatable bonds is 10. The second-order valence-corrected chi connectivity index (χ2v) is 12.4. The Bertz CT molecular complexity index is 1070. The van der Waals surface area contributed by atoms with Gasteiger partial charge in [-0.3, -0.25) is 4.90 Å². The van der Waals surface area contributed by atoms with Crippen LogP contribution in [0.25, 0.3) is 0 Å². The van der Waals surface area contributed by atoms with Crippen LogP contribution in [-0.2, 0) is 14.2 Å². The fourth-order valence-electron chi connectivity index (χ4n) is 5.02. The molecular weight excluding hydrogens is 560 g/mol. The summed E-state index contributed by atoms with van der Waals surface area (Å²) in [5, 5.41) is 13.5. The van der Waals surface area contributed by atoms with E-state index in [1.807, 2.05) is 75.6 Å². The van der Waals surface area contributed by atoms with E-state index in [0.29, 0.717) is 38.1 Å². The van der Waals surface area contributed by atoms with Crippen LogP contribution >= 0.6 is 0 Å². The van der Waals surface area contributed by atoms with Gasteiger partial charge < -0.3 is 43.9 Å². The van der Waals surface area contributed by atoms with Crippen LogP contribution in [0, 0.1) is 0 Å². The van der Waals surface area contributed by atoms with Crippen molar-refractivity contribution in [3.63, 3.8) is 0 Å². The number of epoxide rings is 1. The minimum atomic E-state index is -0.500. The first-order valence-electron chi connectivity index (χ1n) is 15.8. The van der Waals surface area contributed by atoms with Crippen LogP contribution in [0.15, 0.2) is 48.5 Å². The molecule has 5 rings (SSSR count). The third-order valence-electron chi connectivity index (χ3n) is 7.24. The average Bonchev–Trinajstić information content (AvgIpc) is 3.80. The molecule has 0 aromatic heterocycles. The zero-order chi connectivity index (χ0) is 32.1. The van der Waals surface area contributed by atoms with E-state index in [9.17, 15) is 5.11 Å². The van der Waals surface area contributed by atoms with Crippen LogP contribution in [0.2, 0.25) is 0 Å². The maximum Gasteiger partial charge on any atom is 0.121 e. The number of ether oxygens (including phenoxy) is 5. The van der Waals surface area contributed by atoms with Crippen molar-refractivity contribution < 1.29 is 28.8 Å². The van der Waals surface area contributed by atoms with E-state index in [0.717, 1.165) is 55.7 Å². The monoisotopic (exact) mass is 616 g/mol. The molecule has 0 aliphatic carbocycles. The van der Waals surface area contributed by atoms with E-state index in [-0.39, 0.29) is 12.2 Å². The van der Waals surface area contributed by atoms with Gasteiger partial charge >= 0.3 is 0 Å². The lowest BCUT2D eigenvalue weighted by Gasteiger charge is -2.36. The highest BCUT2D eigenvalue weighted by Crippen LogP contribution is 2.21. The molecule has 6 unspecified atom stereocenters. The molecule has 0 spiro atoms. The Kier molecular flexibility index (Phi) is 15.0. The molecule has 0 amide bonds. The number of morpholine rings is 2. The molecule has 3 heterocycles. The second kappa shape index (κ2) is 18.4. The molecule has 248 valence electrons. The van der Waals surface area contributed by atoms with E-state index in [1.54, 1.807) is 0 Å². The van der Waals surface area contributed by atoms with Gasteiger partial charge in [-0.25, -0.2) is 0 Å². The Morgan fingerprint density at radius 3 is 1.77 bits per heavy atom. The predicted octanol–water partition coefficient (Wildman–Crippen LogP) is 3.51. The fourth-order valence-corrected chi connectivity index (χ4v) is 5.02. The van der Waals surface area contributed by atoms with Gasteiger partial charge in [0.1, 0.15) is 36.9 Å². The Morgan fingerprint density at radius 2 is 1.32 bits per heavy atom. The smallest absolute Gasteiger partial charge is 0.121 e. The molecule has 3 aliphatic heterocycles. The standard InChI is InChI=1S/C17H28N2O3.C11H15NO2.C6H13NO/c1-13-9-19(10-14(2)22-13)11-16(20)12-21-17-7-5-6-15(8-17)18(3)4;1-12(2)9-4-3-5-10(6-9)13-7-11-8-14-11;1-5-3-7-4-6(2)8-5/h5-8,13-14,16,20H,9-12H2,1-4H3;3-6,11H,7-8H2,1-2H3;5-7H,3-4H2,1-2H3. The maximum absolute atomic E-state index is 10.2. The van der Waals surface area contributed by atoms with Crippen LogP contribution in [0.4, 0.5) is 11.4 Å². The van der Waals surface area contributed by atoms with Crippen molar-refractivity contribution in [1.29, 1.82) is 0 Å². The van der Waals surface area contributed by atoms with Crippen LogP contribution in [0.3, 0.4) is 0 Å². The molecule has 6 atom stereocenters. The number of hydrogen-bond donors (Lipinski definition) is 2. The molecule has 2 N–H and O–H groups in total. The number of aliphatic hydroxyl groups is 1. The Hall–Kier alpha value is -2.60. The first kappa shape index (κ1) is 35.9. The summed E-state index contributed by atoms with van der Waals surface area (Å²) in [6.07, 6.45) is 1.05. The van der Waals surface area contributed by atoms with Gasteiger partial charge in [-0.2, -0.15) is 0 Å². The number of β-amino-alcohol motifs (C(OH)–C–C–N with tert-alkyl or cyclic N) is 1. The summed E-state index contributed by atoms with van der Waals surface area (Å²) in [4.78, 5) is 6.32. The third-order valence-corrected chi connectivity index (χ3v) is 7.24. The number of nitrogens with one attached hydrogen (secondary N) is 1. The number of aliphatic hydroxyl groups excluding tert-OH is 1. The molecule has 10 heteroatoms. The highest BCUT2D eigenvalue weighted by Gasteiger charge is 2.24. The lowest BCUT2D eigenvalue weighted by atomic mass is 10.2.